The lowest BCUT2D eigenvalue weighted by atomic mass is 10.2. The molecule has 0 radical (unpaired) electrons. The third-order valence-electron chi connectivity index (χ3n) is 2.09. The summed E-state index contributed by atoms with van der Waals surface area (Å²) in [6.45, 7) is 2.66. The second-order valence-electron chi connectivity index (χ2n) is 3.16. The molecule has 13 heavy (non-hydrogen) atoms. The van der Waals surface area contributed by atoms with Crippen molar-refractivity contribution in [3.05, 3.63) is 22.7 Å². The van der Waals surface area contributed by atoms with Crippen LogP contribution in [0.3, 0.4) is 0 Å². The lowest BCUT2D eigenvalue weighted by Crippen LogP contribution is -2.02. The Labute approximate surface area is 82.1 Å². The Kier molecular flexibility index (Phi) is 2.47. The fourth-order valence-electron chi connectivity index (χ4n) is 1.53. The molecule has 0 bridgehead atoms. The quantitative estimate of drug-likeness (QED) is 0.650. The molecule has 0 aliphatic carbocycles. The lowest BCUT2D eigenvalue weighted by Gasteiger charge is -2.08. The minimum absolute atomic E-state index is 0.124. The van der Waals surface area contributed by atoms with E-state index in [-0.39, 0.29) is 6.10 Å². The molecule has 1 aliphatic rings. The first-order valence-corrected chi connectivity index (χ1v) is 4.76. The molecule has 0 saturated carbocycles. The molecule has 0 aromatic carbocycles. The maximum absolute atomic E-state index is 5.82. The third kappa shape index (κ3) is 1.98. The van der Waals surface area contributed by atoms with Crippen LogP contribution >= 0.6 is 11.6 Å². The van der Waals surface area contributed by atoms with Crippen LogP contribution in [0, 0.1) is 6.92 Å². The monoisotopic (exact) mass is 198 g/mol. The average molecular weight is 199 g/mol. The van der Waals surface area contributed by atoms with Gasteiger partial charge in [0, 0.05) is 6.61 Å². The third-order valence-corrected chi connectivity index (χ3v) is 2.28. The number of halogens is 1. The van der Waals surface area contributed by atoms with Crippen molar-refractivity contribution in [2.45, 2.75) is 25.9 Å². The van der Waals surface area contributed by atoms with Gasteiger partial charge in [0.2, 0.25) is 0 Å². The van der Waals surface area contributed by atoms with Gasteiger partial charge in [0.05, 0.1) is 11.8 Å². The van der Waals surface area contributed by atoms with Crippen molar-refractivity contribution in [3.63, 3.8) is 0 Å². The summed E-state index contributed by atoms with van der Waals surface area (Å²) in [7, 11) is 0. The van der Waals surface area contributed by atoms with Crippen molar-refractivity contribution in [1.29, 1.82) is 0 Å². The van der Waals surface area contributed by atoms with Gasteiger partial charge >= 0.3 is 0 Å². The standard InChI is InChI=1S/C9H11ClN2O/c1-6-11-7(5-9(10)12-6)8-3-2-4-13-8/h5,8H,2-4H2,1H3/t8-/m0/s1. The van der Waals surface area contributed by atoms with Gasteiger partial charge in [-0.05, 0) is 25.8 Å². The van der Waals surface area contributed by atoms with E-state index in [1.54, 1.807) is 6.07 Å². The van der Waals surface area contributed by atoms with Crippen molar-refractivity contribution in [2.24, 2.45) is 0 Å². The number of hydrogen-bond acceptors (Lipinski definition) is 3. The first kappa shape index (κ1) is 8.91. The predicted molar refractivity (Wildman–Crippen MR) is 49.7 cm³/mol. The van der Waals surface area contributed by atoms with Crippen LogP contribution in [0.2, 0.25) is 5.15 Å². The van der Waals surface area contributed by atoms with Gasteiger partial charge in [-0.3, -0.25) is 0 Å². The number of hydrogen-bond donors (Lipinski definition) is 0. The number of aryl methyl sites for hydroxylation is 1. The highest BCUT2D eigenvalue weighted by atomic mass is 35.5. The highest BCUT2D eigenvalue weighted by Gasteiger charge is 2.19. The van der Waals surface area contributed by atoms with Crippen LogP contribution < -0.4 is 0 Å². The van der Waals surface area contributed by atoms with Gasteiger partial charge in [-0.15, -0.1) is 0 Å². The maximum atomic E-state index is 5.82. The molecule has 4 heteroatoms. The zero-order valence-electron chi connectivity index (χ0n) is 7.46. The molecule has 1 atom stereocenters. The van der Waals surface area contributed by atoms with E-state index < -0.39 is 0 Å². The molecule has 0 spiro atoms. The Hall–Kier alpha value is -0.670. The maximum Gasteiger partial charge on any atom is 0.133 e. The Morgan fingerprint density at radius 3 is 3.00 bits per heavy atom. The van der Waals surface area contributed by atoms with Gasteiger partial charge in [-0.25, -0.2) is 9.97 Å². The SMILES string of the molecule is Cc1nc(Cl)cc([C@@H]2CCCO2)n1. The Morgan fingerprint density at radius 1 is 1.54 bits per heavy atom. The molecule has 1 fully saturated rings. The number of ether oxygens (including phenoxy) is 1. The van der Waals surface area contributed by atoms with E-state index in [1.165, 1.54) is 0 Å². The molecule has 2 heterocycles. The van der Waals surface area contributed by atoms with Gasteiger partial charge in [0.25, 0.3) is 0 Å². The fraction of sp³-hybridized carbons (Fsp3) is 0.556. The van der Waals surface area contributed by atoms with E-state index in [4.69, 9.17) is 16.3 Å². The first-order chi connectivity index (χ1) is 6.25. The number of rotatable bonds is 1. The Bertz CT molecular complexity index is 290. The molecule has 2 rings (SSSR count). The smallest absolute Gasteiger partial charge is 0.133 e. The molecule has 1 aromatic heterocycles. The van der Waals surface area contributed by atoms with Crippen LogP contribution in [0.25, 0.3) is 0 Å². The normalized spacial score (nSPS) is 22.2. The van der Waals surface area contributed by atoms with Crippen LogP contribution in [0.4, 0.5) is 0 Å². The van der Waals surface area contributed by atoms with E-state index >= 15 is 0 Å². The topological polar surface area (TPSA) is 35.0 Å². The predicted octanol–water partition coefficient (Wildman–Crippen LogP) is 2.29. The fourth-order valence-corrected chi connectivity index (χ4v) is 1.76. The van der Waals surface area contributed by atoms with Crippen LogP contribution in [0.15, 0.2) is 6.07 Å². The molecule has 1 aromatic rings. The molecular formula is C9H11ClN2O. The van der Waals surface area contributed by atoms with Gasteiger partial charge < -0.3 is 4.74 Å². The summed E-state index contributed by atoms with van der Waals surface area (Å²) in [5.74, 6) is 0.706. The highest BCUT2D eigenvalue weighted by molar-refractivity contribution is 6.29. The average Bonchev–Trinajstić information content (AvgIpc) is 2.53. The lowest BCUT2D eigenvalue weighted by molar-refractivity contribution is 0.108. The molecule has 70 valence electrons. The minimum Gasteiger partial charge on any atom is -0.372 e. The Balaban J connectivity index is 2.28. The van der Waals surface area contributed by atoms with E-state index in [0.29, 0.717) is 11.0 Å². The van der Waals surface area contributed by atoms with Crippen LogP contribution in [-0.2, 0) is 4.74 Å². The van der Waals surface area contributed by atoms with E-state index in [0.717, 1.165) is 25.1 Å². The minimum atomic E-state index is 0.124. The van der Waals surface area contributed by atoms with Crippen molar-refractivity contribution in [1.82, 2.24) is 9.97 Å². The molecular weight excluding hydrogens is 188 g/mol. The van der Waals surface area contributed by atoms with Crippen molar-refractivity contribution in [2.75, 3.05) is 6.61 Å². The molecule has 0 amide bonds. The molecule has 1 saturated heterocycles. The highest BCUT2D eigenvalue weighted by Crippen LogP contribution is 2.27. The van der Waals surface area contributed by atoms with E-state index in [9.17, 15) is 0 Å². The molecule has 0 N–H and O–H groups in total. The van der Waals surface area contributed by atoms with Gasteiger partial charge in [0.1, 0.15) is 11.0 Å². The van der Waals surface area contributed by atoms with Crippen LogP contribution in [-0.4, -0.2) is 16.6 Å². The summed E-state index contributed by atoms with van der Waals surface area (Å²) >= 11 is 5.82. The summed E-state index contributed by atoms with van der Waals surface area (Å²) < 4.78 is 5.50. The zero-order valence-corrected chi connectivity index (χ0v) is 8.21. The summed E-state index contributed by atoms with van der Waals surface area (Å²) in [6.07, 6.45) is 2.26. The summed E-state index contributed by atoms with van der Waals surface area (Å²) in [6, 6.07) is 1.78. The number of nitrogens with zero attached hydrogens (tertiary/aromatic N) is 2. The van der Waals surface area contributed by atoms with Crippen molar-refractivity contribution < 1.29 is 4.74 Å². The second-order valence-corrected chi connectivity index (χ2v) is 3.55. The van der Waals surface area contributed by atoms with E-state index in [2.05, 4.69) is 9.97 Å². The second kappa shape index (κ2) is 3.60. The number of aromatic nitrogens is 2. The zero-order chi connectivity index (χ0) is 9.26. The van der Waals surface area contributed by atoms with Gasteiger partial charge in [-0.2, -0.15) is 0 Å². The van der Waals surface area contributed by atoms with E-state index in [1.807, 2.05) is 6.92 Å². The largest absolute Gasteiger partial charge is 0.372 e. The van der Waals surface area contributed by atoms with Crippen LogP contribution in [0.1, 0.15) is 30.5 Å². The van der Waals surface area contributed by atoms with Crippen molar-refractivity contribution in [3.8, 4) is 0 Å². The molecule has 3 nitrogen and oxygen atoms in total. The summed E-state index contributed by atoms with van der Waals surface area (Å²) in [5, 5.41) is 0.498. The summed E-state index contributed by atoms with van der Waals surface area (Å²) in [4.78, 5) is 8.30. The Morgan fingerprint density at radius 2 is 2.38 bits per heavy atom. The van der Waals surface area contributed by atoms with Crippen LogP contribution in [0.5, 0.6) is 0 Å². The summed E-state index contributed by atoms with van der Waals surface area (Å²) in [5.41, 5.74) is 0.912. The first-order valence-electron chi connectivity index (χ1n) is 4.38. The van der Waals surface area contributed by atoms with Gasteiger partial charge in [-0.1, -0.05) is 11.6 Å². The van der Waals surface area contributed by atoms with Crippen molar-refractivity contribution >= 4 is 11.6 Å². The molecule has 1 aliphatic heterocycles. The molecule has 0 unspecified atom stereocenters. The van der Waals surface area contributed by atoms with Gasteiger partial charge in [0.15, 0.2) is 0 Å².